The molecule has 1 heterocycles. The molecule has 4 fully saturated rings. The highest BCUT2D eigenvalue weighted by Crippen LogP contribution is 2.50. The van der Waals surface area contributed by atoms with Crippen LogP contribution >= 0.6 is 0 Å². The molecule has 1 saturated heterocycles. The van der Waals surface area contributed by atoms with Gasteiger partial charge in [-0.05, 0) is 76.0 Å². The molecule has 1 aliphatic heterocycles. The SMILES string of the molecule is CC(=O)N(C1CCC1)[C@H]1CCCN(C(=O)C(C2CC2)C2CC2)CC1. The zero-order valence-corrected chi connectivity index (χ0v) is 15.1. The number of hydrogen-bond donors (Lipinski definition) is 0. The smallest absolute Gasteiger partial charge is 0.226 e. The predicted molar refractivity (Wildman–Crippen MR) is 93.3 cm³/mol. The van der Waals surface area contributed by atoms with Crippen molar-refractivity contribution in [3.05, 3.63) is 0 Å². The van der Waals surface area contributed by atoms with E-state index in [0.29, 0.717) is 35.7 Å². The molecule has 0 unspecified atom stereocenters. The van der Waals surface area contributed by atoms with Crippen LogP contribution in [0.2, 0.25) is 0 Å². The second-order valence-corrected chi connectivity index (χ2v) is 8.62. The maximum atomic E-state index is 13.1. The van der Waals surface area contributed by atoms with Crippen LogP contribution in [0.4, 0.5) is 0 Å². The van der Waals surface area contributed by atoms with Gasteiger partial charge in [-0.15, -0.1) is 0 Å². The van der Waals surface area contributed by atoms with E-state index in [1.54, 1.807) is 6.92 Å². The zero-order chi connectivity index (χ0) is 16.7. The van der Waals surface area contributed by atoms with Crippen molar-refractivity contribution in [3.63, 3.8) is 0 Å². The fourth-order valence-electron chi connectivity index (χ4n) is 4.96. The first-order valence-electron chi connectivity index (χ1n) is 10.2. The zero-order valence-electron chi connectivity index (χ0n) is 15.1. The highest BCUT2D eigenvalue weighted by molar-refractivity contribution is 5.80. The van der Waals surface area contributed by atoms with E-state index in [1.807, 2.05) is 0 Å². The number of hydrogen-bond acceptors (Lipinski definition) is 2. The van der Waals surface area contributed by atoms with Gasteiger partial charge < -0.3 is 9.80 Å². The Labute approximate surface area is 145 Å². The largest absolute Gasteiger partial charge is 0.342 e. The molecule has 2 amide bonds. The number of carbonyl (C=O) groups is 2. The second-order valence-electron chi connectivity index (χ2n) is 8.62. The molecule has 134 valence electrons. The lowest BCUT2D eigenvalue weighted by Gasteiger charge is -2.42. The summed E-state index contributed by atoms with van der Waals surface area (Å²) in [6.45, 7) is 3.49. The highest BCUT2D eigenvalue weighted by Gasteiger charge is 2.47. The molecule has 0 aromatic heterocycles. The van der Waals surface area contributed by atoms with Gasteiger partial charge in [-0.2, -0.15) is 0 Å². The molecule has 4 rings (SSSR count). The summed E-state index contributed by atoms with van der Waals surface area (Å²) in [6, 6.07) is 0.825. The van der Waals surface area contributed by atoms with Crippen molar-refractivity contribution in [2.75, 3.05) is 13.1 Å². The molecule has 0 N–H and O–H groups in total. The van der Waals surface area contributed by atoms with Crippen LogP contribution in [0.3, 0.4) is 0 Å². The van der Waals surface area contributed by atoms with Gasteiger partial charge in [-0.1, -0.05) is 0 Å². The molecule has 1 atom stereocenters. The number of nitrogens with zero attached hydrogens (tertiary/aromatic N) is 2. The lowest BCUT2D eigenvalue weighted by molar-refractivity contribution is -0.137. The summed E-state index contributed by atoms with van der Waals surface area (Å²) in [5.74, 6) is 2.38. The summed E-state index contributed by atoms with van der Waals surface area (Å²) in [6.07, 6.45) is 11.8. The van der Waals surface area contributed by atoms with E-state index in [1.165, 1.54) is 44.9 Å². The molecular formula is C20H32N2O2. The second kappa shape index (κ2) is 6.68. The van der Waals surface area contributed by atoms with Crippen LogP contribution in [-0.4, -0.2) is 46.8 Å². The fraction of sp³-hybridized carbons (Fsp3) is 0.900. The molecule has 4 nitrogen and oxygen atoms in total. The van der Waals surface area contributed by atoms with Gasteiger partial charge in [-0.25, -0.2) is 0 Å². The molecule has 4 heteroatoms. The van der Waals surface area contributed by atoms with Gasteiger partial charge in [0.05, 0.1) is 0 Å². The van der Waals surface area contributed by atoms with Crippen LogP contribution in [0.1, 0.15) is 71.1 Å². The molecular weight excluding hydrogens is 300 g/mol. The molecule has 0 bridgehead atoms. The molecule has 0 aromatic carbocycles. The van der Waals surface area contributed by atoms with Crippen molar-refractivity contribution in [3.8, 4) is 0 Å². The third-order valence-corrected chi connectivity index (χ3v) is 6.78. The van der Waals surface area contributed by atoms with Crippen LogP contribution in [0, 0.1) is 17.8 Å². The van der Waals surface area contributed by atoms with Crippen molar-refractivity contribution in [1.82, 2.24) is 9.80 Å². The lowest BCUT2D eigenvalue weighted by atomic mass is 9.89. The molecule has 0 radical (unpaired) electrons. The van der Waals surface area contributed by atoms with E-state index >= 15 is 0 Å². The first kappa shape index (κ1) is 16.4. The summed E-state index contributed by atoms with van der Waals surface area (Å²) in [5, 5.41) is 0. The fourth-order valence-corrected chi connectivity index (χ4v) is 4.96. The van der Waals surface area contributed by atoms with E-state index < -0.39 is 0 Å². The van der Waals surface area contributed by atoms with Crippen molar-refractivity contribution in [1.29, 1.82) is 0 Å². The molecule has 4 aliphatic rings. The lowest BCUT2D eigenvalue weighted by Crippen LogP contribution is -2.49. The molecule has 3 saturated carbocycles. The minimum Gasteiger partial charge on any atom is -0.342 e. The Hall–Kier alpha value is -1.06. The van der Waals surface area contributed by atoms with Crippen molar-refractivity contribution in [2.24, 2.45) is 17.8 Å². The Kier molecular flexibility index (Phi) is 4.57. The van der Waals surface area contributed by atoms with Gasteiger partial charge in [0.25, 0.3) is 0 Å². The Morgan fingerprint density at radius 1 is 0.833 bits per heavy atom. The summed E-state index contributed by atoms with van der Waals surface area (Å²) >= 11 is 0. The topological polar surface area (TPSA) is 40.6 Å². The van der Waals surface area contributed by atoms with Crippen LogP contribution < -0.4 is 0 Å². The quantitative estimate of drug-likeness (QED) is 0.776. The van der Waals surface area contributed by atoms with Crippen LogP contribution in [0.25, 0.3) is 0 Å². The van der Waals surface area contributed by atoms with Crippen molar-refractivity contribution >= 4 is 11.8 Å². The van der Waals surface area contributed by atoms with Gasteiger partial charge in [-0.3, -0.25) is 9.59 Å². The van der Waals surface area contributed by atoms with Crippen LogP contribution in [0.5, 0.6) is 0 Å². The van der Waals surface area contributed by atoms with Gasteiger partial charge >= 0.3 is 0 Å². The minimum absolute atomic E-state index is 0.235. The van der Waals surface area contributed by atoms with Gasteiger partial charge in [0, 0.05) is 38.0 Å². The molecule has 0 spiro atoms. The third kappa shape index (κ3) is 3.34. The van der Waals surface area contributed by atoms with E-state index in [2.05, 4.69) is 9.80 Å². The summed E-state index contributed by atoms with van der Waals surface area (Å²) in [4.78, 5) is 29.5. The third-order valence-electron chi connectivity index (χ3n) is 6.78. The number of rotatable bonds is 5. The maximum absolute atomic E-state index is 13.1. The van der Waals surface area contributed by atoms with Crippen molar-refractivity contribution in [2.45, 2.75) is 83.2 Å². The Morgan fingerprint density at radius 2 is 1.42 bits per heavy atom. The number of amides is 2. The van der Waals surface area contributed by atoms with Crippen LogP contribution in [-0.2, 0) is 9.59 Å². The molecule has 24 heavy (non-hydrogen) atoms. The van der Waals surface area contributed by atoms with E-state index in [4.69, 9.17) is 0 Å². The molecule has 0 aromatic rings. The summed E-state index contributed by atoms with van der Waals surface area (Å²) in [5.41, 5.74) is 0. The average Bonchev–Trinajstić information content (AvgIpc) is 3.37. The maximum Gasteiger partial charge on any atom is 0.226 e. The van der Waals surface area contributed by atoms with Crippen LogP contribution in [0.15, 0.2) is 0 Å². The number of likely N-dealkylation sites (tertiary alicyclic amines) is 1. The standard InChI is InChI=1S/C20H32N2O2/c1-14(23)22(17-4-2-5-17)18-6-3-12-21(13-11-18)20(24)19(15-7-8-15)16-9-10-16/h15-19H,2-13H2,1H3/t18-/m0/s1. The highest BCUT2D eigenvalue weighted by atomic mass is 16.2. The number of carbonyl (C=O) groups excluding carboxylic acids is 2. The van der Waals surface area contributed by atoms with E-state index in [0.717, 1.165) is 32.4 Å². The van der Waals surface area contributed by atoms with Gasteiger partial charge in [0.1, 0.15) is 0 Å². The Balaban J connectivity index is 1.38. The first-order chi connectivity index (χ1) is 11.6. The van der Waals surface area contributed by atoms with Gasteiger partial charge in [0.15, 0.2) is 0 Å². The average molecular weight is 332 g/mol. The van der Waals surface area contributed by atoms with Gasteiger partial charge in [0.2, 0.25) is 11.8 Å². The minimum atomic E-state index is 0.235. The monoisotopic (exact) mass is 332 g/mol. The Bertz CT molecular complexity index is 482. The predicted octanol–water partition coefficient (Wildman–Crippen LogP) is 3.20. The van der Waals surface area contributed by atoms with E-state index in [-0.39, 0.29) is 5.91 Å². The summed E-state index contributed by atoms with van der Waals surface area (Å²) < 4.78 is 0. The normalized spacial score (nSPS) is 28.4. The summed E-state index contributed by atoms with van der Waals surface area (Å²) in [7, 11) is 0. The molecule has 3 aliphatic carbocycles. The Morgan fingerprint density at radius 3 is 1.92 bits per heavy atom. The van der Waals surface area contributed by atoms with Crippen molar-refractivity contribution < 1.29 is 9.59 Å². The first-order valence-corrected chi connectivity index (χ1v) is 10.2. The van der Waals surface area contributed by atoms with E-state index in [9.17, 15) is 9.59 Å².